The summed E-state index contributed by atoms with van der Waals surface area (Å²) in [6, 6.07) is 4.10. The Hall–Kier alpha value is -1.69. The van der Waals surface area contributed by atoms with Crippen molar-refractivity contribution < 1.29 is 22.7 Å². The molecule has 1 aromatic rings. The van der Waals surface area contributed by atoms with Crippen molar-refractivity contribution in [1.29, 1.82) is 0 Å². The molecule has 36 heavy (non-hydrogen) atoms. The van der Waals surface area contributed by atoms with E-state index < -0.39 is 23.2 Å². The number of hydrogen-bond donors (Lipinski definition) is 1. The Balaban J connectivity index is 1.90. The average Bonchev–Trinajstić information content (AvgIpc) is 2.74. The highest BCUT2D eigenvalue weighted by Crippen LogP contribution is 2.54. The number of amides is 1. The second-order valence-electron chi connectivity index (χ2n) is 12.2. The minimum Gasteiger partial charge on any atom is -0.487 e. The van der Waals surface area contributed by atoms with Gasteiger partial charge in [-0.15, -0.1) is 0 Å². The Labute approximate surface area is 219 Å². The van der Waals surface area contributed by atoms with Crippen LogP contribution in [0.1, 0.15) is 110 Å². The summed E-state index contributed by atoms with van der Waals surface area (Å²) in [4.78, 5) is 12.9. The molecule has 3 rings (SSSR count). The predicted octanol–water partition coefficient (Wildman–Crippen LogP) is 8.64. The largest absolute Gasteiger partial charge is 0.487 e. The van der Waals surface area contributed by atoms with Crippen LogP contribution in [0.3, 0.4) is 0 Å². The number of rotatable bonds is 8. The molecule has 0 saturated heterocycles. The zero-order valence-electron chi connectivity index (χ0n) is 22.7. The highest BCUT2D eigenvalue weighted by molar-refractivity contribution is 6.31. The van der Waals surface area contributed by atoms with Crippen molar-refractivity contribution in [1.82, 2.24) is 5.32 Å². The molecule has 2 aliphatic rings. The van der Waals surface area contributed by atoms with Crippen molar-refractivity contribution >= 4 is 17.5 Å². The van der Waals surface area contributed by atoms with Gasteiger partial charge in [0.15, 0.2) is 0 Å². The lowest BCUT2D eigenvalue weighted by Crippen LogP contribution is -2.55. The van der Waals surface area contributed by atoms with Gasteiger partial charge in [0, 0.05) is 28.0 Å². The molecule has 1 aliphatic heterocycles. The maximum absolute atomic E-state index is 13.4. The van der Waals surface area contributed by atoms with Crippen LogP contribution >= 0.6 is 11.6 Å². The molecule has 1 aromatic carbocycles. The number of carbonyl (C=O) groups excluding carboxylic acids is 1. The van der Waals surface area contributed by atoms with Gasteiger partial charge in [0.2, 0.25) is 5.91 Å². The number of alkyl halides is 3. The number of carbonyl (C=O) groups is 1. The molecule has 0 aromatic heterocycles. The maximum Gasteiger partial charge on any atom is 0.410 e. The highest BCUT2D eigenvalue weighted by Gasteiger charge is 2.50. The predicted molar refractivity (Wildman–Crippen MR) is 140 cm³/mol. The zero-order chi connectivity index (χ0) is 27.1. The van der Waals surface area contributed by atoms with Crippen LogP contribution in [0.25, 0.3) is 0 Å². The number of hydrogen-bond acceptors (Lipinski definition) is 2. The van der Waals surface area contributed by atoms with Gasteiger partial charge < -0.3 is 10.1 Å². The summed E-state index contributed by atoms with van der Waals surface area (Å²) >= 11 is 6.89. The molecule has 0 unspecified atom stereocenters. The standard InChI is InChI=1S/C29H41ClF3NO2/c1-8-9-10-11-14-26(2,3)19-16-22(30)24-20-15-18(25(35)34-28(6,7)29(31,32)33)12-13-21(20)27(4,5)36-23(24)17-19/h12,16-17,20-21H,8-11,13-15H2,1-7H3,(H,34,35)/t20-,21-/m1/s1. The third kappa shape index (κ3) is 5.89. The first-order valence-electron chi connectivity index (χ1n) is 13.1. The Morgan fingerprint density at radius 3 is 2.42 bits per heavy atom. The molecule has 3 nitrogen and oxygen atoms in total. The first-order valence-corrected chi connectivity index (χ1v) is 13.5. The number of nitrogens with one attached hydrogen (secondary N) is 1. The maximum atomic E-state index is 13.4. The van der Waals surface area contributed by atoms with Crippen molar-refractivity contribution in [3.63, 3.8) is 0 Å². The summed E-state index contributed by atoms with van der Waals surface area (Å²) in [7, 11) is 0. The van der Waals surface area contributed by atoms with Gasteiger partial charge in [0.25, 0.3) is 0 Å². The molecule has 1 N–H and O–H groups in total. The van der Waals surface area contributed by atoms with Gasteiger partial charge in [0.1, 0.15) is 16.9 Å². The lowest BCUT2D eigenvalue weighted by molar-refractivity contribution is -0.187. The highest BCUT2D eigenvalue weighted by atomic mass is 35.5. The second-order valence-corrected chi connectivity index (χ2v) is 12.6. The van der Waals surface area contributed by atoms with Gasteiger partial charge >= 0.3 is 6.18 Å². The van der Waals surface area contributed by atoms with Crippen LogP contribution in [0.2, 0.25) is 5.02 Å². The first kappa shape index (κ1) is 28.9. The Kier molecular flexibility index (Phi) is 8.20. The number of fused-ring (bicyclic) bond motifs is 3. The third-order valence-electron chi connectivity index (χ3n) is 8.14. The van der Waals surface area contributed by atoms with Crippen molar-refractivity contribution in [2.45, 2.75) is 122 Å². The minimum absolute atomic E-state index is 0.0579. The molecule has 1 heterocycles. The molecule has 0 fully saturated rings. The molecular formula is C29H41ClF3NO2. The molecular weight excluding hydrogens is 487 g/mol. The molecule has 202 valence electrons. The molecule has 0 spiro atoms. The van der Waals surface area contributed by atoms with E-state index in [2.05, 4.69) is 32.2 Å². The van der Waals surface area contributed by atoms with Crippen LogP contribution in [0.5, 0.6) is 5.75 Å². The van der Waals surface area contributed by atoms with Crippen LogP contribution in [0.15, 0.2) is 23.8 Å². The van der Waals surface area contributed by atoms with Crippen LogP contribution in [-0.4, -0.2) is 23.2 Å². The van der Waals surface area contributed by atoms with E-state index in [1.165, 1.54) is 19.3 Å². The monoisotopic (exact) mass is 527 g/mol. The van der Waals surface area contributed by atoms with E-state index in [0.29, 0.717) is 23.4 Å². The Morgan fingerprint density at radius 2 is 1.81 bits per heavy atom. The van der Waals surface area contributed by atoms with Crippen molar-refractivity contribution in [3.05, 3.63) is 39.9 Å². The van der Waals surface area contributed by atoms with Gasteiger partial charge in [-0.2, -0.15) is 13.2 Å². The quantitative estimate of drug-likeness (QED) is 0.343. The third-order valence-corrected chi connectivity index (χ3v) is 8.45. The van der Waals surface area contributed by atoms with Gasteiger partial charge in [0.05, 0.1) is 0 Å². The molecule has 7 heteroatoms. The smallest absolute Gasteiger partial charge is 0.410 e. The summed E-state index contributed by atoms with van der Waals surface area (Å²) in [5, 5.41) is 2.79. The number of allylic oxidation sites excluding steroid dienone is 1. The van der Waals surface area contributed by atoms with Crippen LogP contribution in [0.4, 0.5) is 13.2 Å². The Bertz CT molecular complexity index is 1010. The zero-order valence-corrected chi connectivity index (χ0v) is 23.4. The summed E-state index contributed by atoms with van der Waals surface area (Å²) in [5.41, 5.74) is -0.544. The first-order chi connectivity index (χ1) is 16.5. The van der Waals surface area contributed by atoms with Gasteiger partial charge in [-0.05, 0) is 70.1 Å². The summed E-state index contributed by atoms with van der Waals surface area (Å²) in [6.07, 6.45) is 3.89. The summed E-state index contributed by atoms with van der Waals surface area (Å²) in [5.74, 6) is -0.00876. The van der Waals surface area contributed by atoms with Crippen LogP contribution in [0, 0.1) is 5.92 Å². The fourth-order valence-electron chi connectivity index (χ4n) is 5.51. The molecule has 0 bridgehead atoms. The summed E-state index contributed by atoms with van der Waals surface area (Å²) in [6.45, 7) is 12.7. The number of unbranched alkanes of at least 4 members (excludes halogenated alkanes) is 3. The van der Waals surface area contributed by atoms with Gasteiger partial charge in [-0.3, -0.25) is 4.79 Å². The van der Waals surface area contributed by atoms with E-state index in [1.807, 2.05) is 19.9 Å². The lowest BCUT2D eigenvalue weighted by atomic mass is 9.66. The fraction of sp³-hybridized carbons (Fsp3) is 0.690. The van der Waals surface area contributed by atoms with E-state index in [9.17, 15) is 18.0 Å². The lowest BCUT2D eigenvalue weighted by Gasteiger charge is -2.47. The SMILES string of the molecule is CCCCCCC(C)(C)c1cc(Cl)c2c(c1)OC(C)(C)[C@@H]1CC=C(C(=O)NC(C)(C)C(F)(F)F)C[C@@H]21. The molecule has 1 amide bonds. The van der Waals surface area contributed by atoms with Crippen LogP contribution < -0.4 is 10.1 Å². The summed E-state index contributed by atoms with van der Waals surface area (Å²) < 4.78 is 46.6. The van der Waals surface area contributed by atoms with E-state index in [4.69, 9.17) is 16.3 Å². The van der Waals surface area contributed by atoms with Crippen molar-refractivity contribution in [3.8, 4) is 5.75 Å². The molecule has 1 aliphatic carbocycles. The van der Waals surface area contributed by atoms with Crippen molar-refractivity contribution in [2.75, 3.05) is 0 Å². The Morgan fingerprint density at radius 1 is 1.14 bits per heavy atom. The average molecular weight is 528 g/mol. The second kappa shape index (κ2) is 10.2. The van der Waals surface area contributed by atoms with Gasteiger partial charge in [-0.1, -0.05) is 64.1 Å². The van der Waals surface area contributed by atoms with E-state index in [-0.39, 0.29) is 17.3 Å². The topological polar surface area (TPSA) is 38.3 Å². The van der Waals surface area contributed by atoms with Crippen molar-refractivity contribution in [2.24, 2.45) is 5.92 Å². The molecule has 0 saturated carbocycles. The van der Waals surface area contributed by atoms with E-state index in [0.717, 1.165) is 43.6 Å². The molecule has 2 atom stereocenters. The number of benzene rings is 1. The van der Waals surface area contributed by atoms with E-state index in [1.54, 1.807) is 6.08 Å². The van der Waals surface area contributed by atoms with Crippen LogP contribution in [-0.2, 0) is 10.2 Å². The molecule has 0 radical (unpaired) electrons. The number of ether oxygens (including phenoxy) is 1. The van der Waals surface area contributed by atoms with Gasteiger partial charge in [-0.25, -0.2) is 0 Å². The fourth-order valence-corrected chi connectivity index (χ4v) is 5.86. The minimum atomic E-state index is -4.54. The normalized spacial score (nSPS) is 21.7. The number of halogens is 4. The van der Waals surface area contributed by atoms with E-state index >= 15 is 0 Å².